The molecule has 2 heterocycles. The van der Waals surface area contributed by atoms with Gasteiger partial charge < -0.3 is 4.57 Å². The van der Waals surface area contributed by atoms with E-state index in [1.807, 2.05) is 17.8 Å². The number of hydrogen-bond acceptors (Lipinski definition) is 6. The highest BCUT2D eigenvalue weighted by Gasteiger charge is 2.09. The standard InChI is InChI=1S/C24H27ClN4O2S/c1-29-16-20(13-18-14-26-17-27-15-18)23(31)28-24(29)32-12-6-4-2-3-5-7-22(30)19-8-10-21(25)11-9-19/h8-11,14-17H,2-7,12-13H2,1H3. The lowest BCUT2D eigenvalue weighted by Crippen LogP contribution is -2.18. The van der Waals surface area contributed by atoms with E-state index in [0.29, 0.717) is 23.4 Å². The molecule has 8 heteroatoms. The van der Waals surface area contributed by atoms with Gasteiger partial charge in [-0.2, -0.15) is 4.98 Å². The van der Waals surface area contributed by atoms with Crippen LogP contribution >= 0.6 is 23.4 Å². The quantitative estimate of drug-likeness (QED) is 0.158. The molecular formula is C24H27ClN4O2S. The van der Waals surface area contributed by atoms with Crippen molar-refractivity contribution in [3.8, 4) is 0 Å². The molecule has 0 aliphatic rings. The molecule has 0 radical (unpaired) electrons. The van der Waals surface area contributed by atoms with Crippen LogP contribution in [-0.4, -0.2) is 31.1 Å². The molecule has 0 fully saturated rings. The van der Waals surface area contributed by atoms with Crippen molar-refractivity contribution < 1.29 is 4.79 Å². The molecule has 0 spiro atoms. The average molecular weight is 471 g/mol. The number of carbonyl (C=O) groups is 1. The SMILES string of the molecule is Cn1cc(Cc2cncnc2)c(=O)nc1SCCCCCCCC(=O)c1ccc(Cl)cc1. The Hall–Kier alpha value is -2.51. The summed E-state index contributed by atoms with van der Waals surface area (Å²) in [6.07, 6.45) is 13.0. The third-order valence-corrected chi connectivity index (χ3v) is 6.46. The lowest BCUT2D eigenvalue weighted by molar-refractivity contribution is 0.0979. The van der Waals surface area contributed by atoms with Crippen molar-refractivity contribution in [1.82, 2.24) is 19.5 Å². The molecule has 32 heavy (non-hydrogen) atoms. The van der Waals surface area contributed by atoms with Gasteiger partial charge in [0.15, 0.2) is 10.9 Å². The fourth-order valence-electron chi connectivity index (χ4n) is 3.34. The highest BCUT2D eigenvalue weighted by Crippen LogP contribution is 2.18. The van der Waals surface area contributed by atoms with Crippen molar-refractivity contribution in [2.45, 2.75) is 50.1 Å². The van der Waals surface area contributed by atoms with E-state index in [9.17, 15) is 9.59 Å². The van der Waals surface area contributed by atoms with Gasteiger partial charge >= 0.3 is 0 Å². The van der Waals surface area contributed by atoms with Gasteiger partial charge in [-0.25, -0.2) is 9.97 Å². The van der Waals surface area contributed by atoms with Crippen LogP contribution in [0.2, 0.25) is 5.02 Å². The summed E-state index contributed by atoms with van der Waals surface area (Å²) in [4.78, 5) is 36.7. The maximum absolute atomic E-state index is 12.4. The molecule has 168 valence electrons. The van der Waals surface area contributed by atoms with Crippen LogP contribution in [0.5, 0.6) is 0 Å². The Labute approximate surface area is 197 Å². The van der Waals surface area contributed by atoms with Gasteiger partial charge in [0, 0.05) is 60.4 Å². The van der Waals surface area contributed by atoms with Crippen molar-refractivity contribution >= 4 is 29.1 Å². The maximum atomic E-state index is 12.4. The molecule has 3 aromatic rings. The minimum absolute atomic E-state index is 0.174. The van der Waals surface area contributed by atoms with Crippen LogP contribution in [0, 0.1) is 0 Å². The van der Waals surface area contributed by atoms with Crippen LogP contribution in [0.1, 0.15) is 60.0 Å². The summed E-state index contributed by atoms with van der Waals surface area (Å²) in [5, 5.41) is 1.38. The van der Waals surface area contributed by atoms with Gasteiger partial charge in [0.25, 0.3) is 5.56 Å². The molecule has 0 atom stereocenters. The Bertz CT molecular complexity index is 1070. The third kappa shape index (κ3) is 7.57. The number of Topliss-reactive ketones (excluding diaryl/α,β-unsaturated/α-hetero) is 1. The van der Waals surface area contributed by atoms with E-state index < -0.39 is 0 Å². The van der Waals surface area contributed by atoms with Gasteiger partial charge in [-0.1, -0.05) is 42.6 Å². The second-order valence-corrected chi connectivity index (χ2v) is 9.18. The topological polar surface area (TPSA) is 77.7 Å². The van der Waals surface area contributed by atoms with Gasteiger partial charge in [-0.15, -0.1) is 0 Å². The second kappa shape index (κ2) is 12.5. The van der Waals surface area contributed by atoms with Gasteiger partial charge in [0.05, 0.1) is 0 Å². The Morgan fingerprint density at radius 1 is 1.03 bits per heavy atom. The highest BCUT2D eigenvalue weighted by molar-refractivity contribution is 7.99. The number of carbonyl (C=O) groups excluding carboxylic acids is 1. The molecule has 0 N–H and O–H groups in total. The van der Waals surface area contributed by atoms with Crippen LogP contribution in [0.15, 0.2) is 59.1 Å². The molecule has 0 saturated carbocycles. The summed E-state index contributed by atoms with van der Waals surface area (Å²) >= 11 is 7.46. The molecule has 3 rings (SSSR count). The van der Waals surface area contributed by atoms with Crippen LogP contribution in [0.25, 0.3) is 0 Å². The Morgan fingerprint density at radius 3 is 2.47 bits per heavy atom. The van der Waals surface area contributed by atoms with Crippen LogP contribution in [0.3, 0.4) is 0 Å². The van der Waals surface area contributed by atoms with Crippen LogP contribution < -0.4 is 5.56 Å². The van der Waals surface area contributed by atoms with Crippen molar-refractivity contribution in [3.05, 3.63) is 81.3 Å². The molecule has 0 aliphatic carbocycles. The van der Waals surface area contributed by atoms with Crippen LogP contribution in [0.4, 0.5) is 0 Å². The summed E-state index contributed by atoms with van der Waals surface area (Å²) in [6.45, 7) is 0. The maximum Gasteiger partial charge on any atom is 0.277 e. The molecule has 1 aromatic carbocycles. The Balaban J connectivity index is 1.33. The monoisotopic (exact) mass is 470 g/mol. The summed E-state index contributed by atoms with van der Waals surface area (Å²) in [7, 11) is 1.91. The fourth-order valence-corrected chi connectivity index (χ4v) is 4.40. The van der Waals surface area contributed by atoms with Crippen molar-refractivity contribution in [2.75, 3.05) is 5.75 Å². The Morgan fingerprint density at radius 2 is 1.72 bits per heavy atom. The molecule has 0 bridgehead atoms. The molecule has 0 saturated heterocycles. The van der Waals surface area contributed by atoms with E-state index in [4.69, 9.17) is 11.6 Å². The third-order valence-electron chi connectivity index (χ3n) is 5.08. The summed E-state index contributed by atoms with van der Waals surface area (Å²) in [5.41, 5.74) is 2.06. The molecular weight excluding hydrogens is 444 g/mol. The molecule has 6 nitrogen and oxygen atoms in total. The second-order valence-electron chi connectivity index (χ2n) is 7.68. The molecule has 0 amide bonds. The van der Waals surface area contributed by atoms with E-state index in [-0.39, 0.29) is 11.3 Å². The number of benzene rings is 1. The minimum Gasteiger partial charge on any atom is -0.330 e. The smallest absolute Gasteiger partial charge is 0.277 e. The number of rotatable bonds is 12. The number of nitrogens with zero attached hydrogens (tertiary/aromatic N) is 4. The number of thioether (sulfide) groups is 1. The number of aromatic nitrogens is 4. The first kappa shape index (κ1) is 24.1. The lowest BCUT2D eigenvalue weighted by atomic mass is 10.0. The number of unbranched alkanes of at least 4 members (excludes halogenated alkanes) is 4. The first-order chi connectivity index (χ1) is 15.5. The van der Waals surface area contributed by atoms with E-state index >= 15 is 0 Å². The first-order valence-corrected chi connectivity index (χ1v) is 12.1. The normalized spacial score (nSPS) is 10.9. The predicted molar refractivity (Wildman–Crippen MR) is 129 cm³/mol. The molecule has 2 aromatic heterocycles. The summed E-state index contributed by atoms with van der Waals surface area (Å²) < 4.78 is 1.91. The average Bonchev–Trinajstić information content (AvgIpc) is 2.79. The fraction of sp³-hybridized carbons (Fsp3) is 0.375. The first-order valence-electron chi connectivity index (χ1n) is 10.7. The lowest BCUT2D eigenvalue weighted by Gasteiger charge is -2.09. The van der Waals surface area contributed by atoms with Gasteiger partial charge in [-0.05, 0) is 42.7 Å². The molecule has 0 unspecified atom stereocenters. The zero-order valence-corrected chi connectivity index (χ0v) is 19.7. The zero-order valence-electron chi connectivity index (χ0n) is 18.2. The van der Waals surface area contributed by atoms with Gasteiger partial charge in [0.2, 0.25) is 0 Å². The van der Waals surface area contributed by atoms with E-state index in [1.54, 1.807) is 48.4 Å². The zero-order chi connectivity index (χ0) is 22.8. The predicted octanol–water partition coefficient (Wildman–Crippen LogP) is 5.13. The molecule has 0 aliphatic heterocycles. The highest BCUT2D eigenvalue weighted by atomic mass is 35.5. The largest absolute Gasteiger partial charge is 0.330 e. The van der Waals surface area contributed by atoms with Crippen LogP contribution in [-0.2, 0) is 13.5 Å². The minimum atomic E-state index is -0.195. The Kier molecular flexibility index (Phi) is 9.43. The van der Waals surface area contributed by atoms with Gasteiger partial charge in [-0.3, -0.25) is 9.59 Å². The number of aryl methyl sites for hydroxylation is 1. The summed E-state index contributed by atoms with van der Waals surface area (Å²) in [6, 6.07) is 7.07. The van der Waals surface area contributed by atoms with E-state index in [0.717, 1.165) is 54.1 Å². The van der Waals surface area contributed by atoms with Gasteiger partial charge in [0.1, 0.15) is 6.33 Å². The van der Waals surface area contributed by atoms with Crippen molar-refractivity contribution in [3.63, 3.8) is 0 Å². The van der Waals surface area contributed by atoms with E-state index in [2.05, 4.69) is 15.0 Å². The summed E-state index contributed by atoms with van der Waals surface area (Å²) in [5.74, 6) is 1.09. The number of ketones is 1. The number of halogens is 1. The number of hydrogen-bond donors (Lipinski definition) is 0. The van der Waals surface area contributed by atoms with Crippen molar-refractivity contribution in [1.29, 1.82) is 0 Å². The van der Waals surface area contributed by atoms with E-state index in [1.165, 1.54) is 6.33 Å². The van der Waals surface area contributed by atoms with Crippen molar-refractivity contribution in [2.24, 2.45) is 7.05 Å².